The number of benzene rings is 1. The summed E-state index contributed by atoms with van der Waals surface area (Å²) in [5.41, 5.74) is 0.851. The maximum Gasteiger partial charge on any atom is 0.323 e. The van der Waals surface area contributed by atoms with Crippen LogP contribution in [0, 0.1) is 0 Å². The van der Waals surface area contributed by atoms with E-state index in [-0.39, 0.29) is 6.42 Å². The maximum atomic E-state index is 11.9. The van der Waals surface area contributed by atoms with Crippen LogP contribution in [0.4, 0.5) is 0 Å². The van der Waals surface area contributed by atoms with Crippen LogP contribution in [0.15, 0.2) is 30.3 Å². The Morgan fingerprint density at radius 3 is 2.33 bits per heavy atom. The number of aliphatic hydroxyl groups is 4. The summed E-state index contributed by atoms with van der Waals surface area (Å²) in [5, 5.41) is 39.8. The number of nitrogens with one attached hydrogen (secondary N) is 1. The van der Waals surface area contributed by atoms with Crippen molar-refractivity contribution >= 4 is 11.8 Å². The van der Waals surface area contributed by atoms with E-state index in [0.29, 0.717) is 0 Å². The van der Waals surface area contributed by atoms with Crippen LogP contribution in [-0.2, 0) is 20.7 Å². The largest absolute Gasteiger partial charge is 0.468 e. The third-order valence-electron chi connectivity index (χ3n) is 3.53. The van der Waals surface area contributed by atoms with Crippen molar-refractivity contribution in [2.45, 2.75) is 30.8 Å². The molecule has 1 aromatic carbocycles. The highest BCUT2D eigenvalue weighted by molar-refractivity contribution is 5.86. The second-order valence-corrected chi connectivity index (χ2v) is 5.30. The molecule has 1 aromatic rings. The summed E-state index contributed by atoms with van der Waals surface area (Å²) in [6.45, 7) is -1.21. The summed E-state index contributed by atoms with van der Waals surface area (Å²) in [6, 6.07) is 8.27. The van der Waals surface area contributed by atoms with Gasteiger partial charge in [0.25, 0.3) is 0 Å². The predicted molar refractivity (Wildman–Crippen MR) is 84.1 cm³/mol. The molecule has 5 N–H and O–H groups in total. The van der Waals surface area contributed by atoms with Gasteiger partial charge in [-0.2, -0.15) is 0 Å². The summed E-state index contributed by atoms with van der Waals surface area (Å²) in [4.78, 5) is 23.7. The van der Waals surface area contributed by atoms with Crippen LogP contribution in [0.1, 0.15) is 5.56 Å². The highest BCUT2D eigenvalue weighted by atomic mass is 16.5. The molecule has 0 aromatic heterocycles. The van der Waals surface area contributed by atoms with Gasteiger partial charge in [0, 0.05) is 0 Å². The molecule has 0 radical (unpaired) electrons. The lowest BCUT2D eigenvalue weighted by Crippen LogP contribution is -2.49. The molecule has 1 rings (SSSR count). The first-order valence-electron chi connectivity index (χ1n) is 7.43. The fraction of sp³-hybridized carbons (Fsp3) is 0.500. The molecule has 0 spiro atoms. The minimum Gasteiger partial charge on any atom is -0.468 e. The van der Waals surface area contributed by atoms with E-state index in [1.165, 1.54) is 7.11 Å². The third kappa shape index (κ3) is 5.99. The molecule has 0 aliphatic heterocycles. The minimum absolute atomic E-state index is 0.276. The molecule has 0 fully saturated rings. The second-order valence-electron chi connectivity index (χ2n) is 5.30. The molecule has 8 heteroatoms. The molecule has 0 saturated carbocycles. The zero-order chi connectivity index (χ0) is 18.1. The Morgan fingerprint density at radius 1 is 1.17 bits per heavy atom. The number of ketones is 1. The fourth-order valence-electron chi connectivity index (χ4n) is 2.07. The summed E-state index contributed by atoms with van der Waals surface area (Å²) in [7, 11) is 1.22. The van der Waals surface area contributed by atoms with Crippen molar-refractivity contribution in [1.29, 1.82) is 0 Å². The van der Waals surface area contributed by atoms with Gasteiger partial charge in [-0.15, -0.1) is 0 Å². The standard InChI is InChI=1S/C16H23NO7/c1-24-16(23)11(7-10-5-3-2-4-6-10)17-8-12(19)14(21)15(22)13(20)9-18/h2-6,11,13-15,17-18,20-22H,7-9H2,1H3/t11-,13+,14+,15+/m0/s1. The van der Waals surface area contributed by atoms with Gasteiger partial charge in [0.1, 0.15) is 24.4 Å². The van der Waals surface area contributed by atoms with Crippen LogP contribution in [0.2, 0.25) is 0 Å². The number of carbonyl (C=O) groups excluding carboxylic acids is 2. The maximum absolute atomic E-state index is 11.9. The lowest BCUT2D eigenvalue weighted by molar-refractivity contribution is -0.144. The lowest BCUT2D eigenvalue weighted by atomic mass is 10.0. The van der Waals surface area contributed by atoms with Gasteiger partial charge in [-0.05, 0) is 12.0 Å². The molecule has 0 amide bonds. The molecule has 0 saturated heterocycles. The van der Waals surface area contributed by atoms with Crippen LogP contribution in [-0.4, -0.2) is 76.8 Å². The Labute approximate surface area is 139 Å². The van der Waals surface area contributed by atoms with Gasteiger partial charge in [0.15, 0.2) is 5.78 Å². The van der Waals surface area contributed by atoms with Crippen LogP contribution >= 0.6 is 0 Å². The van der Waals surface area contributed by atoms with Gasteiger partial charge in [-0.1, -0.05) is 30.3 Å². The first kappa shape index (κ1) is 20.2. The molecule has 0 heterocycles. The summed E-state index contributed by atoms with van der Waals surface area (Å²) in [6.07, 6.45) is -5.05. The van der Waals surface area contributed by atoms with E-state index < -0.39 is 49.3 Å². The van der Waals surface area contributed by atoms with Crippen LogP contribution in [0.3, 0.4) is 0 Å². The quantitative estimate of drug-likeness (QED) is 0.308. The average molecular weight is 341 g/mol. The SMILES string of the molecule is COC(=O)[C@H](Cc1ccccc1)NCC(=O)[C@@H](O)[C@H](O)[C@H](O)CO. The highest BCUT2D eigenvalue weighted by Crippen LogP contribution is 2.06. The van der Waals surface area contributed by atoms with Gasteiger partial charge < -0.3 is 25.2 Å². The zero-order valence-electron chi connectivity index (χ0n) is 13.3. The summed E-state index contributed by atoms with van der Waals surface area (Å²) >= 11 is 0. The lowest BCUT2D eigenvalue weighted by Gasteiger charge is -2.22. The molecular formula is C16H23NO7. The van der Waals surface area contributed by atoms with E-state index in [1.54, 1.807) is 0 Å². The van der Waals surface area contributed by atoms with Crippen molar-refractivity contribution < 1.29 is 34.8 Å². The number of rotatable bonds is 10. The average Bonchev–Trinajstić information content (AvgIpc) is 2.62. The van der Waals surface area contributed by atoms with Gasteiger partial charge >= 0.3 is 5.97 Å². The van der Waals surface area contributed by atoms with Crippen molar-refractivity contribution in [3.8, 4) is 0 Å². The second kappa shape index (κ2) is 10.1. The van der Waals surface area contributed by atoms with E-state index in [9.17, 15) is 24.9 Å². The number of carbonyl (C=O) groups is 2. The van der Waals surface area contributed by atoms with Crippen LogP contribution < -0.4 is 5.32 Å². The van der Waals surface area contributed by atoms with Gasteiger partial charge in [0.2, 0.25) is 0 Å². The van der Waals surface area contributed by atoms with Crippen molar-refractivity contribution in [3.63, 3.8) is 0 Å². The first-order chi connectivity index (χ1) is 11.4. The Bertz CT molecular complexity index is 522. The van der Waals surface area contributed by atoms with Gasteiger partial charge in [-0.25, -0.2) is 0 Å². The molecular weight excluding hydrogens is 318 g/mol. The van der Waals surface area contributed by atoms with E-state index in [1.807, 2.05) is 30.3 Å². The van der Waals surface area contributed by atoms with Gasteiger partial charge in [-0.3, -0.25) is 14.9 Å². The van der Waals surface area contributed by atoms with E-state index in [0.717, 1.165) is 5.56 Å². The number of aliphatic hydroxyl groups excluding tert-OH is 4. The molecule has 0 aliphatic carbocycles. The normalized spacial score (nSPS) is 16.0. The molecule has 134 valence electrons. The van der Waals surface area contributed by atoms with Crippen LogP contribution in [0.5, 0.6) is 0 Å². The van der Waals surface area contributed by atoms with Crippen molar-refractivity contribution in [3.05, 3.63) is 35.9 Å². The topological polar surface area (TPSA) is 136 Å². The number of methoxy groups -OCH3 is 1. The highest BCUT2D eigenvalue weighted by Gasteiger charge is 2.30. The van der Waals surface area contributed by atoms with E-state index in [2.05, 4.69) is 10.1 Å². The monoisotopic (exact) mass is 341 g/mol. The molecule has 4 atom stereocenters. The number of Topliss-reactive ketones (excluding diaryl/α,β-unsaturated/α-hetero) is 1. The first-order valence-corrected chi connectivity index (χ1v) is 7.43. The number of hydrogen-bond donors (Lipinski definition) is 5. The van der Waals surface area contributed by atoms with Gasteiger partial charge in [0.05, 0.1) is 20.3 Å². The minimum atomic E-state index is -1.88. The Hall–Kier alpha value is -1.84. The number of hydrogen-bond acceptors (Lipinski definition) is 8. The van der Waals surface area contributed by atoms with Crippen LogP contribution in [0.25, 0.3) is 0 Å². The fourth-order valence-corrected chi connectivity index (χ4v) is 2.07. The molecule has 0 bridgehead atoms. The zero-order valence-corrected chi connectivity index (χ0v) is 13.3. The van der Waals surface area contributed by atoms with Crippen molar-refractivity contribution in [1.82, 2.24) is 5.32 Å². The van der Waals surface area contributed by atoms with Crippen molar-refractivity contribution in [2.24, 2.45) is 0 Å². The van der Waals surface area contributed by atoms with E-state index >= 15 is 0 Å². The Balaban J connectivity index is 2.64. The number of ether oxygens (including phenoxy) is 1. The predicted octanol–water partition coefficient (Wildman–Crippen LogP) is -2.00. The van der Waals surface area contributed by atoms with Crippen molar-refractivity contribution in [2.75, 3.05) is 20.3 Å². The molecule has 0 unspecified atom stereocenters. The third-order valence-corrected chi connectivity index (χ3v) is 3.53. The molecule has 24 heavy (non-hydrogen) atoms. The summed E-state index contributed by atoms with van der Waals surface area (Å²) < 4.78 is 4.68. The molecule has 8 nitrogen and oxygen atoms in total. The Morgan fingerprint density at radius 2 is 1.79 bits per heavy atom. The number of esters is 1. The summed E-state index contributed by atoms with van der Waals surface area (Å²) in [5.74, 6) is -1.39. The smallest absolute Gasteiger partial charge is 0.323 e. The molecule has 0 aliphatic rings. The van der Waals surface area contributed by atoms with E-state index in [4.69, 9.17) is 5.11 Å². The Kier molecular flexibility index (Phi) is 8.51.